The molecule has 3 N–H and O–H groups in total. The largest absolute Gasteiger partial charge is 0.352 e. The number of benzene rings is 1. The van der Waals surface area contributed by atoms with E-state index in [1.807, 2.05) is 20.8 Å². The number of hydrogen-bond acceptors (Lipinski definition) is 3. The summed E-state index contributed by atoms with van der Waals surface area (Å²) in [6, 6.07) is 4.56. The summed E-state index contributed by atoms with van der Waals surface area (Å²) in [7, 11) is 0. The quantitative estimate of drug-likeness (QED) is 0.647. The minimum atomic E-state index is -0.286. The fourth-order valence-corrected chi connectivity index (χ4v) is 2.04. The maximum Gasteiger partial charge on any atom is 0.251 e. The van der Waals surface area contributed by atoms with Gasteiger partial charge >= 0.3 is 0 Å². The lowest BCUT2D eigenvalue weighted by molar-refractivity contribution is 0.0953. The van der Waals surface area contributed by atoms with E-state index in [0.717, 1.165) is 19.3 Å². The Bertz CT molecular complexity index is 492. The Morgan fingerprint density at radius 2 is 0.875 bits per heavy atom. The number of rotatable bonds is 9. The second-order valence-corrected chi connectivity index (χ2v) is 5.57. The number of amides is 3. The van der Waals surface area contributed by atoms with Gasteiger partial charge in [0.05, 0.1) is 0 Å². The van der Waals surface area contributed by atoms with Crippen LogP contribution in [-0.4, -0.2) is 37.4 Å². The Morgan fingerprint density at radius 3 is 1.08 bits per heavy atom. The highest BCUT2D eigenvalue weighted by Gasteiger charge is 2.15. The summed E-state index contributed by atoms with van der Waals surface area (Å²) < 4.78 is 0. The van der Waals surface area contributed by atoms with Gasteiger partial charge in [-0.3, -0.25) is 14.4 Å². The van der Waals surface area contributed by atoms with Crippen molar-refractivity contribution in [3.8, 4) is 0 Å². The fraction of sp³-hybridized carbons (Fsp3) is 0.500. The summed E-state index contributed by atoms with van der Waals surface area (Å²) >= 11 is 0. The van der Waals surface area contributed by atoms with Crippen molar-refractivity contribution in [2.45, 2.75) is 40.0 Å². The van der Waals surface area contributed by atoms with Crippen molar-refractivity contribution in [2.75, 3.05) is 19.6 Å². The molecule has 1 aromatic rings. The molecule has 6 nitrogen and oxygen atoms in total. The van der Waals surface area contributed by atoms with E-state index >= 15 is 0 Å². The molecule has 0 saturated carbocycles. The monoisotopic (exact) mass is 333 g/mol. The molecule has 0 radical (unpaired) electrons. The third kappa shape index (κ3) is 6.02. The van der Waals surface area contributed by atoms with Gasteiger partial charge in [-0.25, -0.2) is 0 Å². The number of carbonyl (C=O) groups excluding carboxylic acids is 3. The first-order valence-corrected chi connectivity index (χ1v) is 8.53. The van der Waals surface area contributed by atoms with Gasteiger partial charge in [0, 0.05) is 36.3 Å². The van der Waals surface area contributed by atoms with E-state index in [9.17, 15) is 14.4 Å². The third-order valence-electron chi connectivity index (χ3n) is 3.33. The van der Waals surface area contributed by atoms with Gasteiger partial charge in [-0.15, -0.1) is 0 Å². The van der Waals surface area contributed by atoms with Gasteiger partial charge in [0.2, 0.25) is 0 Å². The molecule has 0 aliphatic carbocycles. The molecule has 0 aliphatic heterocycles. The first-order chi connectivity index (χ1) is 11.5. The molecule has 0 aliphatic rings. The molecule has 0 saturated heterocycles. The minimum absolute atomic E-state index is 0.286. The van der Waals surface area contributed by atoms with Crippen LogP contribution in [0.25, 0.3) is 0 Å². The topological polar surface area (TPSA) is 87.3 Å². The molecular weight excluding hydrogens is 306 g/mol. The van der Waals surface area contributed by atoms with Crippen LogP contribution in [0.5, 0.6) is 0 Å². The smallest absolute Gasteiger partial charge is 0.251 e. The summed E-state index contributed by atoms with van der Waals surface area (Å²) in [6.07, 6.45) is 2.44. The van der Waals surface area contributed by atoms with Crippen molar-refractivity contribution in [2.24, 2.45) is 0 Å². The Hall–Kier alpha value is -2.37. The van der Waals surface area contributed by atoms with Crippen LogP contribution in [0.1, 0.15) is 71.1 Å². The average Bonchev–Trinajstić information content (AvgIpc) is 2.61. The van der Waals surface area contributed by atoms with Crippen LogP contribution in [0.15, 0.2) is 18.2 Å². The Kier molecular flexibility index (Phi) is 8.54. The molecule has 132 valence electrons. The summed E-state index contributed by atoms with van der Waals surface area (Å²) in [6.45, 7) is 7.50. The Morgan fingerprint density at radius 1 is 0.625 bits per heavy atom. The summed E-state index contributed by atoms with van der Waals surface area (Å²) in [4.78, 5) is 36.6. The standard InChI is InChI=1S/C18H27N3O3/c1-4-7-19-16(22)13-10-14(17(23)20-8-5-2)12-15(11-13)18(24)21-9-6-3/h10-12H,4-9H2,1-3H3,(H,19,22)(H,20,23)(H,21,24). The first kappa shape index (κ1) is 19.7. The van der Waals surface area contributed by atoms with Crippen molar-refractivity contribution < 1.29 is 14.4 Å². The molecule has 0 bridgehead atoms. The van der Waals surface area contributed by atoms with Gasteiger partial charge in [-0.1, -0.05) is 20.8 Å². The molecule has 1 rings (SSSR count). The van der Waals surface area contributed by atoms with E-state index in [-0.39, 0.29) is 17.7 Å². The van der Waals surface area contributed by atoms with Crippen molar-refractivity contribution >= 4 is 17.7 Å². The van der Waals surface area contributed by atoms with Crippen LogP contribution in [-0.2, 0) is 0 Å². The molecule has 6 heteroatoms. The molecule has 0 unspecified atom stereocenters. The second kappa shape index (κ2) is 10.4. The Labute approximate surface area is 143 Å². The zero-order valence-electron chi connectivity index (χ0n) is 14.7. The van der Waals surface area contributed by atoms with Gasteiger partial charge < -0.3 is 16.0 Å². The lowest BCUT2D eigenvalue weighted by atomic mass is 10.0. The van der Waals surface area contributed by atoms with Crippen LogP contribution in [0.2, 0.25) is 0 Å². The van der Waals surface area contributed by atoms with Gasteiger partial charge in [0.25, 0.3) is 17.7 Å². The van der Waals surface area contributed by atoms with Crippen LogP contribution in [0.3, 0.4) is 0 Å². The predicted molar refractivity (Wildman–Crippen MR) is 94.3 cm³/mol. The number of hydrogen-bond donors (Lipinski definition) is 3. The maximum absolute atomic E-state index is 12.2. The van der Waals surface area contributed by atoms with Crippen LogP contribution < -0.4 is 16.0 Å². The van der Waals surface area contributed by atoms with Crippen molar-refractivity contribution in [1.82, 2.24) is 16.0 Å². The highest BCUT2D eigenvalue weighted by Crippen LogP contribution is 2.11. The van der Waals surface area contributed by atoms with E-state index in [4.69, 9.17) is 0 Å². The van der Waals surface area contributed by atoms with E-state index < -0.39 is 0 Å². The molecule has 1 aromatic carbocycles. The van der Waals surface area contributed by atoms with Gasteiger partial charge in [-0.2, -0.15) is 0 Å². The first-order valence-electron chi connectivity index (χ1n) is 8.53. The normalized spacial score (nSPS) is 10.1. The van der Waals surface area contributed by atoms with Crippen molar-refractivity contribution in [1.29, 1.82) is 0 Å². The van der Waals surface area contributed by atoms with E-state index in [1.165, 1.54) is 18.2 Å². The zero-order chi connectivity index (χ0) is 17.9. The van der Waals surface area contributed by atoms with E-state index in [2.05, 4.69) is 16.0 Å². The number of carbonyl (C=O) groups is 3. The van der Waals surface area contributed by atoms with Crippen LogP contribution >= 0.6 is 0 Å². The molecule has 0 aromatic heterocycles. The summed E-state index contributed by atoms with van der Waals surface area (Å²) in [5.41, 5.74) is 0.942. The fourth-order valence-electron chi connectivity index (χ4n) is 2.04. The lowest BCUT2D eigenvalue weighted by Crippen LogP contribution is -2.29. The van der Waals surface area contributed by atoms with Crippen LogP contribution in [0, 0.1) is 0 Å². The predicted octanol–water partition coefficient (Wildman–Crippen LogP) is 2.11. The Balaban J connectivity index is 3.11. The maximum atomic E-state index is 12.2. The molecule has 0 spiro atoms. The molecule has 0 fully saturated rings. The lowest BCUT2D eigenvalue weighted by Gasteiger charge is -2.11. The van der Waals surface area contributed by atoms with Gasteiger partial charge in [0.1, 0.15) is 0 Å². The van der Waals surface area contributed by atoms with Crippen molar-refractivity contribution in [3.05, 3.63) is 34.9 Å². The number of nitrogens with one attached hydrogen (secondary N) is 3. The molecule has 24 heavy (non-hydrogen) atoms. The van der Waals surface area contributed by atoms with Crippen LogP contribution in [0.4, 0.5) is 0 Å². The zero-order valence-corrected chi connectivity index (χ0v) is 14.7. The third-order valence-corrected chi connectivity index (χ3v) is 3.33. The molecular formula is C18H27N3O3. The highest BCUT2D eigenvalue weighted by molar-refractivity contribution is 6.04. The molecule has 0 heterocycles. The van der Waals surface area contributed by atoms with Gasteiger partial charge in [-0.05, 0) is 37.5 Å². The van der Waals surface area contributed by atoms with Crippen molar-refractivity contribution in [3.63, 3.8) is 0 Å². The van der Waals surface area contributed by atoms with Gasteiger partial charge in [0.15, 0.2) is 0 Å². The molecule has 3 amide bonds. The average molecular weight is 333 g/mol. The molecule has 0 atom stereocenters. The summed E-state index contributed by atoms with van der Waals surface area (Å²) in [5, 5.41) is 8.29. The van der Waals surface area contributed by atoms with E-state index in [1.54, 1.807) is 0 Å². The minimum Gasteiger partial charge on any atom is -0.352 e. The summed E-state index contributed by atoms with van der Waals surface area (Å²) in [5.74, 6) is -0.857. The highest BCUT2D eigenvalue weighted by atomic mass is 16.2. The second-order valence-electron chi connectivity index (χ2n) is 5.57. The van der Waals surface area contributed by atoms with E-state index in [0.29, 0.717) is 36.3 Å². The SMILES string of the molecule is CCCNC(=O)c1cc(C(=O)NCCC)cc(C(=O)NCCC)c1.